The topological polar surface area (TPSA) is 373 Å². The van der Waals surface area contributed by atoms with E-state index in [4.69, 9.17) is 37.9 Å². The lowest BCUT2D eigenvalue weighted by Gasteiger charge is -2.67. The Morgan fingerprint density at radius 1 is 0.776 bits per heavy atom. The first-order chi connectivity index (χ1) is 39.9. The Kier molecular flexibility index (Phi) is 18.2. The Labute approximate surface area is 487 Å². The molecule has 3 aromatic rings. The molecular weight excluding hydrogens is 1120 g/mol. The van der Waals surface area contributed by atoms with Gasteiger partial charge in [0.2, 0.25) is 12.4 Å². The predicted octanol–water partition coefficient (Wildman–Crippen LogP) is 2.32. The number of benzene rings is 3. The summed E-state index contributed by atoms with van der Waals surface area (Å²) in [4.78, 5) is 126. The number of fused-ring (bicyclic) bond motifs is 5. The molecule has 0 aromatic heterocycles. The van der Waals surface area contributed by atoms with Gasteiger partial charge in [0.1, 0.15) is 48.3 Å². The number of hydrogen-bond acceptors (Lipinski definition) is 22. The van der Waals surface area contributed by atoms with Crippen LogP contribution >= 0.6 is 0 Å². The first-order valence-electron chi connectivity index (χ1n) is 27.5. The summed E-state index contributed by atoms with van der Waals surface area (Å²) in [5.74, 6) is -10.4. The molecule has 4 fully saturated rings. The van der Waals surface area contributed by atoms with Crippen LogP contribution in [0.1, 0.15) is 107 Å². The van der Waals surface area contributed by atoms with Crippen LogP contribution in [0, 0.1) is 22.2 Å². The molecule has 2 aliphatic heterocycles. The van der Waals surface area contributed by atoms with Crippen LogP contribution < -0.4 is 10.6 Å². The van der Waals surface area contributed by atoms with Crippen molar-refractivity contribution in [3.05, 3.63) is 119 Å². The van der Waals surface area contributed by atoms with Crippen molar-refractivity contribution in [2.24, 2.45) is 22.2 Å². The van der Waals surface area contributed by atoms with Crippen LogP contribution in [0.15, 0.2) is 102 Å². The van der Waals surface area contributed by atoms with Crippen molar-refractivity contribution in [3.8, 4) is 0 Å². The number of carboxylic acids is 1. The van der Waals surface area contributed by atoms with Crippen molar-refractivity contribution in [3.63, 3.8) is 0 Å². The van der Waals surface area contributed by atoms with Gasteiger partial charge >= 0.3 is 41.9 Å². The molecule has 0 radical (unpaired) electrons. The first kappa shape index (κ1) is 63.4. The second-order valence-electron chi connectivity index (χ2n) is 23.7. The van der Waals surface area contributed by atoms with Crippen LogP contribution in [-0.2, 0) is 66.7 Å². The zero-order chi connectivity index (χ0) is 62.3. The van der Waals surface area contributed by atoms with Gasteiger partial charge in [-0.3, -0.25) is 24.0 Å². The number of ketones is 1. The predicted molar refractivity (Wildman–Crippen MR) is 289 cm³/mol. The molecule has 0 unspecified atom stereocenters. The summed E-state index contributed by atoms with van der Waals surface area (Å²) in [5.41, 5.74) is -9.55. The van der Waals surface area contributed by atoms with Gasteiger partial charge in [0.05, 0.1) is 36.0 Å². The second-order valence-corrected chi connectivity index (χ2v) is 23.7. The summed E-state index contributed by atoms with van der Waals surface area (Å²) >= 11 is 0. The zero-order valence-electron chi connectivity index (χ0n) is 47.8. The van der Waals surface area contributed by atoms with Crippen molar-refractivity contribution >= 4 is 53.6 Å². The van der Waals surface area contributed by atoms with Gasteiger partial charge in [-0.25, -0.2) is 19.2 Å². The van der Waals surface area contributed by atoms with Crippen molar-refractivity contribution < 1.29 is 112 Å². The number of aliphatic hydroxyl groups excluding tert-OH is 4. The maximum absolute atomic E-state index is 15.9. The molecule has 458 valence electrons. The molecule has 2 amide bonds. The number of carbonyl (C=O) groups excluding carboxylic acids is 8. The van der Waals surface area contributed by atoms with E-state index in [0.29, 0.717) is 0 Å². The number of carboxylic acid groups (broad SMARTS) is 1. The molecule has 3 aliphatic carbocycles. The minimum absolute atomic E-state index is 0.0123. The van der Waals surface area contributed by atoms with Crippen LogP contribution in [0.2, 0.25) is 0 Å². The van der Waals surface area contributed by atoms with Crippen LogP contribution in [0.3, 0.4) is 0 Å². The zero-order valence-corrected chi connectivity index (χ0v) is 47.8. The lowest BCUT2D eigenvalue weighted by Crippen LogP contribution is -2.82. The molecule has 8 N–H and O–H groups in total. The summed E-state index contributed by atoms with van der Waals surface area (Å²) in [6.45, 7) is 10.1. The normalized spacial score (nSPS) is 31.9. The maximum Gasteiger partial charge on any atom is 0.409 e. The van der Waals surface area contributed by atoms with Gasteiger partial charge in [-0.15, -0.1) is 0 Å². The Morgan fingerprint density at radius 2 is 1.38 bits per heavy atom. The molecule has 5 aliphatic rings. The fraction of sp³-hybridized carbons (Fsp3) is 0.517. The van der Waals surface area contributed by atoms with E-state index in [2.05, 4.69) is 10.6 Å². The number of Topliss-reactive ketones (excluding diaryl/α,β-unsaturated/α-hetero) is 1. The number of hydrogen-bond donors (Lipinski definition) is 8. The SMILES string of the molecule is CC(=O)O[C@H]1C(=O)[C@@]2(C)[C@H]([C@H](OC(=O)c3ccccc3)[C@]3(O)C[C@H](OC(=O)[C@H](OC(=O)CC(C)(C)CNC(=O)O[C@@H]4O[C@H](C(=O)O)[C@@H](O)[C@H](O)[C@H]4O)[C@@H](NC(=O)c4ccccc4)c4ccccc4)C(C)=C1C3(C)C)[C@]1(OC(C)=O)CO[C@@H]1C[C@@H]2O. The molecule has 0 spiro atoms. The van der Waals surface area contributed by atoms with Crippen molar-refractivity contribution in [1.82, 2.24) is 10.6 Å². The van der Waals surface area contributed by atoms with E-state index in [1.807, 2.05) is 0 Å². The molecule has 2 heterocycles. The van der Waals surface area contributed by atoms with Gasteiger partial charge in [-0.1, -0.05) is 94.4 Å². The molecule has 2 saturated heterocycles. The molecular formula is C60H70N2O23. The number of esters is 5. The summed E-state index contributed by atoms with van der Waals surface area (Å²) in [5, 5.41) is 71.6. The number of carbonyl (C=O) groups is 9. The van der Waals surface area contributed by atoms with E-state index in [0.717, 1.165) is 13.8 Å². The lowest BCUT2D eigenvalue weighted by molar-refractivity contribution is -0.346. The van der Waals surface area contributed by atoms with E-state index in [1.54, 1.807) is 54.6 Å². The Morgan fingerprint density at radius 3 is 1.94 bits per heavy atom. The van der Waals surface area contributed by atoms with E-state index in [9.17, 15) is 64.2 Å². The molecule has 2 saturated carbocycles. The number of aliphatic hydroxyl groups is 5. The number of alkyl carbamates (subject to hydrolysis) is 1. The lowest BCUT2D eigenvalue weighted by atomic mass is 9.44. The number of rotatable bonds is 17. The average Bonchev–Trinajstić information content (AvgIpc) is 0.803. The molecule has 16 atom stereocenters. The number of amides is 2. The molecule has 3 aromatic carbocycles. The summed E-state index contributed by atoms with van der Waals surface area (Å²) in [7, 11) is 0. The number of aliphatic carboxylic acids is 1. The highest BCUT2D eigenvalue weighted by molar-refractivity contribution is 5.96. The fourth-order valence-electron chi connectivity index (χ4n) is 12.5. The summed E-state index contributed by atoms with van der Waals surface area (Å²) in [6.07, 6.45) is -23.9. The number of nitrogens with one attached hydrogen (secondary N) is 2. The Hall–Kier alpha value is -7.65. The highest BCUT2D eigenvalue weighted by Gasteiger charge is 2.78. The highest BCUT2D eigenvalue weighted by Crippen LogP contribution is 2.64. The standard InChI is InChI=1S/C60H70N2O23/c1-29-35(25-60(77)49(83-52(74)34-22-16-11-17-23-34)47-58(8,36(65)24-37-59(47,28-78-37)85-31(3)64)48(70)44(79-30(2)63)39(29)57(60,6)7)80-53(75)45(40(32-18-12-9-13-19-32)62-50(71)33-20-14-10-15-21-33)81-38(66)26-56(4,5)27-61-55(76)84-54-43(69)41(67)42(68)46(82-54)51(72)73/h9-23,35-37,40-47,49,54,65,67-69,77H,24-28H2,1-8H3,(H,61,76)(H,62,71)(H,72,73)/t35-,36-,37+,40-,41-,42-,43+,44+,45+,46-,47-,49-,54-,58+,59-,60+/m0/s1. The summed E-state index contributed by atoms with van der Waals surface area (Å²) in [6, 6.07) is 21.7. The van der Waals surface area contributed by atoms with Crippen LogP contribution in [-0.4, -0.2) is 176 Å². The average molecular weight is 1190 g/mol. The minimum Gasteiger partial charge on any atom is -0.479 e. The quantitative estimate of drug-likeness (QED) is 0.0546. The highest BCUT2D eigenvalue weighted by atomic mass is 16.7. The smallest absolute Gasteiger partial charge is 0.409 e. The van der Waals surface area contributed by atoms with E-state index in [1.165, 1.54) is 77.9 Å². The first-order valence-corrected chi connectivity index (χ1v) is 27.5. The van der Waals surface area contributed by atoms with Gasteiger partial charge < -0.3 is 79.2 Å². The van der Waals surface area contributed by atoms with Gasteiger partial charge in [0.15, 0.2) is 23.6 Å². The molecule has 8 rings (SSSR count). The molecule has 2 bridgehead atoms. The van der Waals surface area contributed by atoms with Gasteiger partial charge in [0, 0.05) is 44.2 Å². The van der Waals surface area contributed by atoms with Gasteiger partial charge in [0.25, 0.3) is 5.91 Å². The van der Waals surface area contributed by atoms with Crippen molar-refractivity contribution in [2.45, 2.75) is 159 Å². The van der Waals surface area contributed by atoms with E-state index >= 15 is 9.59 Å². The Balaban J connectivity index is 1.20. The maximum atomic E-state index is 15.9. The van der Waals surface area contributed by atoms with Crippen LogP contribution in [0.4, 0.5) is 4.79 Å². The minimum atomic E-state index is -2.57. The second kappa shape index (κ2) is 24.4. The van der Waals surface area contributed by atoms with Gasteiger partial charge in [-0.05, 0) is 60.2 Å². The molecule has 25 heteroatoms. The third-order valence-electron chi connectivity index (χ3n) is 17.1. The van der Waals surface area contributed by atoms with Crippen molar-refractivity contribution in [1.29, 1.82) is 0 Å². The van der Waals surface area contributed by atoms with Crippen molar-refractivity contribution in [2.75, 3.05) is 13.2 Å². The Bertz CT molecular complexity index is 3100. The fourth-order valence-corrected chi connectivity index (χ4v) is 12.5. The molecule has 85 heavy (non-hydrogen) atoms. The summed E-state index contributed by atoms with van der Waals surface area (Å²) < 4.78 is 47.0. The van der Waals surface area contributed by atoms with E-state index < -0.39 is 186 Å². The third kappa shape index (κ3) is 12.2. The largest absolute Gasteiger partial charge is 0.479 e. The monoisotopic (exact) mass is 1190 g/mol. The van der Waals surface area contributed by atoms with Crippen LogP contribution in [0.5, 0.6) is 0 Å². The van der Waals surface area contributed by atoms with Gasteiger partial charge in [-0.2, -0.15) is 0 Å². The third-order valence-corrected chi connectivity index (χ3v) is 17.1. The van der Waals surface area contributed by atoms with E-state index in [-0.39, 0.29) is 34.3 Å². The van der Waals surface area contributed by atoms with Crippen LogP contribution in [0.25, 0.3) is 0 Å². The number of ether oxygens (including phenoxy) is 8. The molecule has 25 nitrogen and oxygen atoms in total.